The van der Waals surface area contributed by atoms with E-state index in [1.54, 1.807) is 13.8 Å². The number of aromatic nitrogens is 2. The average Bonchev–Trinajstić information content (AvgIpc) is 2.74. The van der Waals surface area contributed by atoms with Gasteiger partial charge in [0, 0.05) is 17.2 Å². The summed E-state index contributed by atoms with van der Waals surface area (Å²) in [4.78, 5) is 22.4. The Morgan fingerprint density at radius 1 is 1.19 bits per heavy atom. The maximum atomic E-state index is 14.6. The predicted molar refractivity (Wildman–Crippen MR) is 113 cm³/mol. The maximum absolute atomic E-state index is 14.6. The fourth-order valence-electron chi connectivity index (χ4n) is 3.52. The molecule has 7 nitrogen and oxygen atoms in total. The molecule has 0 saturated heterocycles. The van der Waals surface area contributed by atoms with Gasteiger partial charge in [-0.2, -0.15) is 4.98 Å². The summed E-state index contributed by atoms with van der Waals surface area (Å²) in [7, 11) is 0. The molecule has 32 heavy (non-hydrogen) atoms. The van der Waals surface area contributed by atoms with Gasteiger partial charge >= 0.3 is 6.03 Å². The van der Waals surface area contributed by atoms with Crippen molar-refractivity contribution in [2.75, 3.05) is 16.8 Å². The van der Waals surface area contributed by atoms with Crippen molar-refractivity contribution in [1.82, 2.24) is 15.3 Å². The lowest BCUT2D eigenvalue weighted by Gasteiger charge is -2.31. The number of aliphatic hydroxyl groups excluding tert-OH is 1. The molecular formula is C22H20F3N5O2. The minimum absolute atomic E-state index is 0.00270. The molecule has 0 aliphatic carbocycles. The summed E-state index contributed by atoms with van der Waals surface area (Å²) < 4.78 is 42.9. The van der Waals surface area contributed by atoms with Crippen LogP contribution in [-0.4, -0.2) is 33.8 Å². The molecule has 1 aromatic heterocycles. The average molecular weight is 443 g/mol. The first kappa shape index (κ1) is 21.6. The minimum Gasteiger partial charge on any atom is -0.394 e. The monoisotopic (exact) mass is 443 g/mol. The summed E-state index contributed by atoms with van der Waals surface area (Å²) in [5.74, 6) is -2.28. The molecular weight excluding hydrogens is 423 g/mol. The van der Waals surface area contributed by atoms with E-state index in [9.17, 15) is 23.1 Å². The number of rotatable bonds is 5. The highest BCUT2D eigenvalue weighted by Crippen LogP contribution is 2.39. The number of nitrogens with one attached hydrogen (secondary N) is 2. The lowest BCUT2D eigenvalue weighted by atomic mass is 10.00. The van der Waals surface area contributed by atoms with Gasteiger partial charge in [0.1, 0.15) is 23.1 Å². The van der Waals surface area contributed by atoms with Crippen LogP contribution in [0.4, 0.5) is 35.4 Å². The third kappa shape index (κ3) is 3.84. The molecule has 1 atom stereocenters. The summed E-state index contributed by atoms with van der Waals surface area (Å²) in [5.41, 5.74) is 1.33. The zero-order valence-corrected chi connectivity index (χ0v) is 17.3. The lowest BCUT2D eigenvalue weighted by Crippen LogP contribution is -2.43. The van der Waals surface area contributed by atoms with Crippen LogP contribution in [0.25, 0.3) is 11.3 Å². The van der Waals surface area contributed by atoms with Gasteiger partial charge in [0.25, 0.3) is 0 Å². The van der Waals surface area contributed by atoms with E-state index in [2.05, 4.69) is 20.6 Å². The molecule has 3 N–H and O–H groups in total. The smallest absolute Gasteiger partial charge is 0.328 e. The van der Waals surface area contributed by atoms with Crippen molar-refractivity contribution in [3.05, 3.63) is 65.0 Å². The molecule has 2 aromatic carbocycles. The number of hydrogen-bond acceptors (Lipinski definition) is 5. The van der Waals surface area contributed by atoms with E-state index < -0.39 is 35.2 Å². The number of carbonyl (C=O) groups is 1. The number of amides is 2. The van der Waals surface area contributed by atoms with Gasteiger partial charge in [0.2, 0.25) is 5.95 Å². The van der Waals surface area contributed by atoms with E-state index in [1.807, 2.05) is 0 Å². The van der Waals surface area contributed by atoms with E-state index in [4.69, 9.17) is 0 Å². The minimum atomic E-state index is -0.940. The highest BCUT2D eigenvalue weighted by molar-refractivity contribution is 6.02. The molecule has 0 saturated carbocycles. The molecule has 2 heterocycles. The van der Waals surface area contributed by atoms with Crippen LogP contribution in [-0.2, 0) is 6.54 Å². The van der Waals surface area contributed by atoms with Crippen molar-refractivity contribution in [3.8, 4) is 11.3 Å². The zero-order chi connectivity index (χ0) is 23.0. The van der Waals surface area contributed by atoms with Crippen molar-refractivity contribution in [2.24, 2.45) is 0 Å². The van der Waals surface area contributed by atoms with Crippen LogP contribution in [0.1, 0.15) is 18.1 Å². The van der Waals surface area contributed by atoms with Gasteiger partial charge in [-0.1, -0.05) is 6.07 Å². The number of anilines is 3. The summed E-state index contributed by atoms with van der Waals surface area (Å²) in [6.07, 6.45) is 0. The normalized spacial score (nSPS) is 14.1. The molecule has 0 fully saturated rings. The van der Waals surface area contributed by atoms with Gasteiger partial charge < -0.3 is 15.7 Å². The Morgan fingerprint density at radius 3 is 2.56 bits per heavy atom. The number of urea groups is 1. The molecule has 3 aromatic rings. The fourth-order valence-corrected chi connectivity index (χ4v) is 3.52. The highest BCUT2D eigenvalue weighted by atomic mass is 19.1. The Balaban J connectivity index is 1.99. The second kappa shape index (κ2) is 8.46. The Hall–Kier alpha value is -3.66. The van der Waals surface area contributed by atoms with E-state index in [1.165, 1.54) is 24.3 Å². The first-order chi connectivity index (χ1) is 15.3. The Morgan fingerprint density at radius 2 is 1.91 bits per heavy atom. The van der Waals surface area contributed by atoms with E-state index >= 15 is 0 Å². The molecule has 166 valence electrons. The van der Waals surface area contributed by atoms with Crippen molar-refractivity contribution in [1.29, 1.82) is 0 Å². The van der Waals surface area contributed by atoms with Crippen LogP contribution < -0.4 is 15.5 Å². The highest BCUT2D eigenvalue weighted by Gasteiger charge is 2.34. The fraction of sp³-hybridized carbons (Fsp3) is 0.227. The number of aliphatic hydroxyl groups is 1. The summed E-state index contributed by atoms with van der Waals surface area (Å²) in [6.45, 7) is 3.17. The molecule has 4 rings (SSSR count). The zero-order valence-electron chi connectivity index (χ0n) is 17.3. The Kier molecular flexibility index (Phi) is 5.70. The number of hydrogen-bond donors (Lipinski definition) is 3. The molecule has 1 aliphatic rings. The van der Waals surface area contributed by atoms with Crippen LogP contribution in [0.3, 0.4) is 0 Å². The summed E-state index contributed by atoms with van der Waals surface area (Å²) in [5, 5.41) is 14.9. The third-order valence-electron chi connectivity index (χ3n) is 5.07. The second-order valence-corrected chi connectivity index (χ2v) is 7.45. The molecule has 0 radical (unpaired) electrons. The van der Waals surface area contributed by atoms with Gasteiger partial charge in [-0.25, -0.2) is 27.8 Å². The van der Waals surface area contributed by atoms with Crippen molar-refractivity contribution < 1.29 is 23.1 Å². The summed E-state index contributed by atoms with van der Waals surface area (Å²) in [6, 6.07) is 6.23. The topological polar surface area (TPSA) is 90.4 Å². The van der Waals surface area contributed by atoms with Gasteiger partial charge in [0.05, 0.1) is 18.8 Å². The van der Waals surface area contributed by atoms with Gasteiger partial charge in [-0.3, -0.25) is 0 Å². The van der Waals surface area contributed by atoms with Crippen LogP contribution >= 0.6 is 0 Å². The SMILES string of the molecule is Cc1cc(F)ccc1-c1nc(N[C@H](C)CO)nc2c1CNC(=O)N2c1c(F)cccc1F. The summed E-state index contributed by atoms with van der Waals surface area (Å²) >= 11 is 0. The van der Waals surface area contributed by atoms with E-state index in [0.717, 1.165) is 17.0 Å². The second-order valence-electron chi connectivity index (χ2n) is 7.45. The Labute approximate surface area is 181 Å². The van der Waals surface area contributed by atoms with Crippen LogP contribution in [0.5, 0.6) is 0 Å². The lowest BCUT2D eigenvalue weighted by molar-refractivity contribution is 0.246. The number of carbonyl (C=O) groups excluding carboxylic acids is 1. The number of aryl methyl sites for hydroxylation is 1. The van der Waals surface area contributed by atoms with Crippen LogP contribution in [0.15, 0.2) is 36.4 Å². The first-order valence-electron chi connectivity index (χ1n) is 9.87. The number of benzene rings is 2. The van der Waals surface area contributed by atoms with Gasteiger partial charge in [-0.05, 0) is 49.7 Å². The number of nitrogens with zero attached hydrogens (tertiary/aromatic N) is 3. The Bertz CT molecular complexity index is 1180. The molecule has 0 bridgehead atoms. The van der Waals surface area contributed by atoms with Crippen LogP contribution in [0.2, 0.25) is 0 Å². The van der Waals surface area contributed by atoms with Gasteiger partial charge in [0.15, 0.2) is 5.82 Å². The first-order valence-corrected chi connectivity index (χ1v) is 9.87. The molecule has 1 aliphatic heterocycles. The standard InChI is InChI=1S/C22H20F3N5O2/c1-11-8-13(23)6-7-14(11)18-15-9-26-22(32)30(19-16(24)4-3-5-17(19)25)20(15)29-21(28-18)27-12(2)10-31/h3-8,12,31H,9-10H2,1-2H3,(H,26,32)(H,27,28,29)/t12-/m1/s1. The van der Waals surface area contributed by atoms with E-state index in [0.29, 0.717) is 22.4 Å². The largest absolute Gasteiger partial charge is 0.394 e. The number of fused-ring (bicyclic) bond motifs is 1. The number of halogens is 3. The molecule has 10 heteroatoms. The molecule has 0 unspecified atom stereocenters. The van der Waals surface area contributed by atoms with Crippen molar-refractivity contribution in [2.45, 2.75) is 26.4 Å². The predicted octanol–water partition coefficient (Wildman–Crippen LogP) is 4.02. The molecule has 0 spiro atoms. The van der Waals surface area contributed by atoms with Crippen LogP contribution in [0, 0.1) is 24.4 Å². The maximum Gasteiger partial charge on any atom is 0.328 e. The number of para-hydroxylation sites is 1. The van der Waals surface area contributed by atoms with Crippen molar-refractivity contribution >= 4 is 23.5 Å². The molecule has 2 amide bonds. The van der Waals surface area contributed by atoms with Crippen molar-refractivity contribution in [3.63, 3.8) is 0 Å². The van der Waals surface area contributed by atoms with Gasteiger partial charge in [-0.15, -0.1) is 0 Å². The quantitative estimate of drug-likeness (QED) is 0.554. The van der Waals surface area contributed by atoms with E-state index in [-0.39, 0.29) is 24.9 Å². The third-order valence-corrected chi connectivity index (χ3v) is 5.07.